The van der Waals surface area contributed by atoms with Crippen LogP contribution in [0.4, 0.5) is 0 Å². The van der Waals surface area contributed by atoms with Crippen LogP contribution in [0.2, 0.25) is 0 Å². The zero-order chi connectivity index (χ0) is 10.5. The molecule has 4 nitrogen and oxygen atoms in total. The Hall–Kier alpha value is -0.990. The minimum absolute atomic E-state index is 0.166. The van der Waals surface area contributed by atoms with Crippen LogP contribution in [0.1, 0.15) is 20.8 Å². The average Bonchev–Trinajstić information content (AvgIpc) is 2.03. The first-order valence-electron chi connectivity index (χ1n) is 4.16. The van der Waals surface area contributed by atoms with Crippen molar-refractivity contribution in [2.24, 2.45) is 11.3 Å². The number of carbonyl (C=O) groups is 1. The molecule has 1 atom stereocenters. The van der Waals surface area contributed by atoms with E-state index in [0.29, 0.717) is 0 Å². The lowest BCUT2D eigenvalue weighted by atomic mass is 9.78. The molecule has 0 aliphatic rings. The summed E-state index contributed by atoms with van der Waals surface area (Å²) in [6, 6.07) is 0. The number of rotatable bonds is 5. The predicted octanol–water partition coefficient (Wildman–Crippen LogP) is 0.511. The molecule has 0 fully saturated rings. The summed E-state index contributed by atoms with van der Waals surface area (Å²) in [5, 5.41) is 4.25. The van der Waals surface area contributed by atoms with Crippen molar-refractivity contribution in [3.63, 3.8) is 0 Å². The van der Waals surface area contributed by atoms with E-state index in [1.54, 1.807) is 6.92 Å². The van der Waals surface area contributed by atoms with Gasteiger partial charge in [-0.1, -0.05) is 20.8 Å². The fourth-order valence-electron chi connectivity index (χ4n) is 0.679. The summed E-state index contributed by atoms with van der Waals surface area (Å²) in [7, 11) is 0. The summed E-state index contributed by atoms with van der Waals surface area (Å²) in [5.41, 5.74) is 7.73. The van der Waals surface area contributed by atoms with Crippen LogP contribution in [0.15, 0.2) is 0 Å². The van der Waals surface area contributed by atoms with Crippen LogP contribution < -0.4 is 0 Å². The normalized spacial score (nSPS) is 14.4. The van der Waals surface area contributed by atoms with Gasteiger partial charge in [-0.05, 0) is 5.41 Å². The van der Waals surface area contributed by atoms with E-state index in [1.807, 2.05) is 13.8 Å². The van der Waals surface area contributed by atoms with Crippen LogP contribution >= 0.6 is 0 Å². The zero-order valence-corrected chi connectivity index (χ0v) is 7.57. The second-order valence-electron chi connectivity index (χ2n) is 3.50. The Bertz CT molecular complexity index is 234. The molecular weight excluding hydrogens is 156 g/mol. The topological polar surface area (TPSA) is 73.7 Å². The highest BCUT2D eigenvalue weighted by Crippen LogP contribution is 2.25. The molecule has 0 aromatic carbocycles. The molecule has 0 rings (SSSR count). The Morgan fingerprint density at radius 1 is 1.92 bits per heavy atom. The van der Waals surface area contributed by atoms with Gasteiger partial charge in [0.1, 0.15) is 0 Å². The quantitative estimate of drug-likeness (QED) is 0.373. The number of ketones is 1. The monoisotopic (exact) mass is 172 g/mol. The van der Waals surface area contributed by atoms with E-state index in [-0.39, 0.29) is 18.3 Å². The van der Waals surface area contributed by atoms with E-state index < -0.39 is 5.41 Å². The highest BCUT2D eigenvalue weighted by Gasteiger charge is 2.31. The number of aliphatic hydroxyl groups excluding tert-OH is 1. The Morgan fingerprint density at radius 3 is 2.92 bits per heavy atom. The number of Topliss-reactive ketones (excluding diaryl/α,β-unsaturated/α-hetero) is 1. The van der Waals surface area contributed by atoms with Crippen molar-refractivity contribution in [1.82, 2.24) is 0 Å². The fourth-order valence-corrected chi connectivity index (χ4v) is 0.679. The maximum Gasteiger partial charge on any atom is 0.323 e. The first-order valence-corrected chi connectivity index (χ1v) is 3.75. The third kappa shape index (κ3) is 2.57. The summed E-state index contributed by atoms with van der Waals surface area (Å²) in [4.78, 5) is 13.9. The summed E-state index contributed by atoms with van der Waals surface area (Å²) >= 11 is 0. The second kappa shape index (κ2) is 4.14. The van der Waals surface area contributed by atoms with Crippen LogP contribution in [0.25, 0.3) is 5.53 Å². The van der Waals surface area contributed by atoms with Crippen molar-refractivity contribution in [1.29, 1.82) is 1.43 Å². The maximum atomic E-state index is 11.2. The fraction of sp³-hybridized carbons (Fsp3) is 0.750. The zero-order valence-electron chi connectivity index (χ0n) is 8.57. The minimum atomic E-state index is -0.431. The Balaban J connectivity index is 4.47. The number of aliphatic hydroxyl groups is 1. The van der Waals surface area contributed by atoms with E-state index in [2.05, 4.69) is 9.90 Å². The van der Waals surface area contributed by atoms with Gasteiger partial charge in [0.2, 0.25) is 7.21 Å². The van der Waals surface area contributed by atoms with Crippen molar-refractivity contribution in [3.05, 3.63) is 5.53 Å². The molecule has 1 N–H and O–H groups in total. The van der Waals surface area contributed by atoms with Gasteiger partial charge in [-0.3, -0.25) is 4.79 Å². The van der Waals surface area contributed by atoms with Gasteiger partial charge in [0.25, 0.3) is 0 Å². The highest BCUT2D eigenvalue weighted by molar-refractivity contribution is 6.26. The van der Waals surface area contributed by atoms with Crippen molar-refractivity contribution < 1.29 is 14.7 Å². The molecule has 0 aromatic rings. The van der Waals surface area contributed by atoms with Gasteiger partial charge in [0, 0.05) is 12.5 Å². The molecule has 0 aliphatic carbocycles. The maximum absolute atomic E-state index is 11.2. The van der Waals surface area contributed by atoms with E-state index in [0.717, 1.165) is 6.21 Å². The molecule has 0 spiro atoms. The first kappa shape index (κ1) is 9.10. The van der Waals surface area contributed by atoms with Crippen LogP contribution in [0.5, 0.6) is 0 Å². The molecule has 0 radical (unpaired) electrons. The third-order valence-corrected chi connectivity index (χ3v) is 2.16. The molecule has 0 bridgehead atoms. The molecular formula is C8H14N2O2. The van der Waals surface area contributed by atoms with E-state index in [4.69, 9.17) is 6.96 Å². The van der Waals surface area contributed by atoms with Gasteiger partial charge in [0.05, 0.1) is 0 Å². The number of nitrogens with zero attached hydrogens (tertiary/aromatic N) is 2. The lowest BCUT2D eigenvalue weighted by Crippen LogP contribution is -2.32. The van der Waals surface area contributed by atoms with Gasteiger partial charge in [-0.2, -0.15) is 4.79 Å². The van der Waals surface area contributed by atoms with Crippen LogP contribution in [-0.4, -0.2) is 29.9 Å². The molecule has 0 saturated heterocycles. The lowest BCUT2D eigenvalue weighted by molar-refractivity contribution is -0.123. The van der Waals surface area contributed by atoms with Crippen molar-refractivity contribution in [2.45, 2.75) is 20.8 Å². The molecule has 0 amide bonds. The minimum Gasteiger partial charge on any atom is -0.396 e. The standard InChI is InChI=1S/C8H14N2O2/c1-6(7(12)4-10-9)8(2,3)5-11/h4,6,11H,5H2,1-3H3/i11T. The summed E-state index contributed by atoms with van der Waals surface area (Å²) < 4.78 is 6.60. The smallest absolute Gasteiger partial charge is 0.323 e. The third-order valence-electron chi connectivity index (χ3n) is 2.16. The highest BCUT2D eigenvalue weighted by atomic mass is 16.3. The van der Waals surface area contributed by atoms with Gasteiger partial charge in [-0.25, -0.2) is 0 Å². The molecule has 12 heavy (non-hydrogen) atoms. The van der Waals surface area contributed by atoms with Gasteiger partial charge >= 0.3 is 6.21 Å². The number of hydrogen-bond acceptors (Lipinski definition) is 2. The number of hydrogen-bond donors (Lipinski definition) is 1. The first-order chi connectivity index (χ1) is 5.95. The van der Waals surface area contributed by atoms with Crippen LogP contribution in [-0.2, 0) is 4.79 Å². The molecule has 0 heterocycles. The predicted molar refractivity (Wildman–Crippen MR) is 44.7 cm³/mol. The molecule has 0 saturated carbocycles. The van der Waals surface area contributed by atoms with Crippen LogP contribution in [0.3, 0.4) is 0 Å². The second-order valence-corrected chi connectivity index (χ2v) is 3.50. The van der Waals surface area contributed by atoms with Crippen molar-refractivity contribution in [3.8, 4) is 0 Å². The molecule has 68 valence electrons. The van der Waals surface area contributed by atoms with Crippen molar-refractivity contribution in [2.75, 3.05) is 6.61 Å². The SMILES string of the molecule is [3H]OCC(C)(C)C(C)C(=O)C=[N+]=[N-]. The van der Waals surface area contributed by atoms with Gasteiger partial charge in [-0.15, -0.1) is 0 Å². The van der Waals surface area contributed by atoms with Crippen LogP contribution in [0, 0.1) is 11.3 Å². The molecule has 0 aromatic heterocycles. The van der Waals surface area contributed by atoms with Crippen molar-refractivity contribution >= 4 is 12.0 Å². The van der Waals surface area contributed by atoms with Gasteiger partial charge < -0.3 is 10.6 Å². The largest absolute Gasteiger partial charge is 0.396 e. The van der Waals surface area contributed by atoms with E-state index in [9.17, 15) is 4.79 Å². The number of carbonyl (C=O) groups excluding carboxylic acids is 1. The molecule has 4 heteroatoms. The van der Waals surface area contributed by atoms with E-state index >= 15 is 0 Å². The summed E-state index contributed by atoms with van der Waals surface area (Å²) in [6.45, 7) is 5.51. The Morgan fingerprint density at radius 2 is 2.50 bits per heavy atom. The lowest BCUT2D eigenvalue weighted by Gasteiger charge is -2.26. The summed E-state index contributed by atoms with van der Waals surface area (Å²) in [5.74, 6) is -0.613. The molecule has 1 unspecified atom stereocenters. The van der Waals surface area contributed by atoms with Gasteiger partial charge in [0.15, 0.2) is 0 Å². The summed E-state index contributed by atoms with van der Waals surface area (Å²) in [6.07, 6.45) is 0.871. The molecule has 0 aliphatic heterocycles. The Kier molecular flexibility index (Phi) is 3.14. The van der Waals surface area contributed by atoms with E-state index in [1.165, 1.54) is 0 Å². The Labute approximate surface area is 73.3 Å². The average molecular weight is 172 g/mol.